The summed E-state index contributed by atoms with van der Waals surface area (Å²) in [4.78, 5) is 7.75. The van der Waals surface area contributed by atoms with E-state index in [-0.39, 0.29) is 0 Å². The van der Waals surface area contributed by atoms with E-state index in [1.807, 2.05) is 43.7 Å². The normalized spacial score (nSPS) is 11.1. The van der Waals surface area contributed by atoms with Gasteiger partial charge in [0.1, 0.15) is 6.07 Å². The van der Waals surface area contributed by atoms with Crippen LogP contribution in [0.15, 0.2) is 29.6 Å². The highest BCUT2D eigenvalue weighted by Crippen LogP contribution is 2.26. The van der Waals surface area contributed by atoms with Crippen molar-refractivity contribution < 1.29 is 0 Å². The molecule has 3 aromatic rings. The first-order chi connectivity index (χ1) is 10.2. The van der Waals surface area contributed by atoms with Gasteiger partial charge in [0.25, 0.3) is 0 Å². The fraction of sp³-hybridized carbons (Fsp3) is 0.267. The Hall–Kier alpha value is -2.23. The molecule has 0 aromatic carbocycles. The summed E-state index contributed by atoms with van der Waals surface area (Å²) in [6, 6.07) is 9.99. The zero-order chi connectivity index (χ0) is 14.8. The molecule has 0 spiro atoms. The molecule has 3 aromatic heterocycles. The highest BCUT2D eigenvalue weighted by atomic mass is 32.1. The number of thiophene rings is 1. The van der Waals surface area contributed by atoms with E-state index in [0.29, 0.717) is 11.2 Å². The summed E-state index contributed by atoms with van der Waals surface area (Å²) in [6.45, 7) is 0.882. The van der Waals surface area contributed by atoms with Crippen molar-refractivity contribution in [2.75, 3.05) is 20.6 Å². The van der Waals surface area contributed by atoms with Gasteiger partial charge in [-0.25, -0.2) is 9.50 Å². The Morgan fingerprint density at radius 1 is 1.33 bits per heavy atom. The minimum Gasteiger partial charge on any atom is -0.309 e. The van der Waals surface area contributed by atoms with Gasteiger partial charge in [-0.1, -0.05) is 6.07 Å². The van der Waals surface area contributed by atoms with Crippen molar-refractivity contribution in [1.29, 1.82) is 5.26 Å². The summed E-state index contributed by atoms with van der Waals surface area (Å²) in [7, 11) is 4.04. The third-order valence-corrected chi connectivity index (χ3v) is 4.10. The standard InChI is InChI=1S/C15H15N5S/c1-19(2)8-7-14-17-15-11(10-16)5-6-12(20(15)18-14)13-4-3-9-21-13/h3-6,9H,7-8H2,1-2H3. The van der Waals surface area contributed by atoms with Crippen LogP contribution in [0.25, 0.3) is 16.2 Å². The Bertz CT molecular complexity index is 795. The zero-order valence-corrected chi connectivity index (χ0v) is 12.8. The molecule has 6 heteroatoms. The van der Waals surface area contributed by atoms with E-state index in [2.05, 4.69) is 21.1 Å². The molecule has 0 N–H and O–H groups in total. The maximum absolute atomic E-state index is 9.25. The second-order valence-electron chi connectivity index (χ2n) is 5.04. The van der Waals surface area contributed by atoms with Crippen molar-refractivity contribution in [1.82, 2.24) is 19.5 Å². The summed E-state index contributed by atoms with van der Waals surface area (Å²) >= 11 is 1.65. The Morgan fingerprint density at radius 3 is 2.86 bits per heavy atom. The van der Waals surface area contributed by atoms with Crippen LogP contribution in [0.2, 0.25) is 0 Å². The summed E-state index contributed by atoms with van der Waals surface area (Å²) in [6.07, 6.45) is 0.767. The molecule has 0 saturated heterocycles. The predicted molar refractivity (Wildman–Crippen MR) is 83.3 cm³/mol. The zero-order valence-electron chi connectivity index (χ0n) is 11.9. The van der Waals surface area contributed by atoms with Gasteiger partial charge >= 0.3 is 0 Å². The van der Waals surface area contributed by atoms with Gasteiger partial charge in [-0.05, 0) is 37.7 Å². The SMILES string of the molecule is CN(C)CCc1nc2c(C#N)ccc(-c3cccs3)n2n1. The van der Waals surface area contributed by atoms with E-state index in [1.54, 1.807) is 15.9 Å². The fourth-order valence-electron chi connectivity index (χ4n) is 2.13. The molecule has 0 radical (unpaired) electrons. The van der Waals surface area contributed by atoms with Gasteiger partial charge in [0, 0.05) is 13.0 Å². The molecule has 0 bridgehead atoms. The third-order valence-electron chi connectivity index (χ3n) is 3.20. The van der Waals surface area contributed by atoms with Crippen molar-refractivity contribution in [2.24, 2.45) is 0 Å². The Morgan fingerprint density at radius 2 is 2.19 bits per heavy atom. The molecule has 0 saturated carbocycles. The molecule has 0 aliphatic heterocycles. The van der Waals surface area contributed by atoms with Gasteiger partial charge in [0.15, 0.2) is 11.5 Å². The van der Waals surface area contributed by atoms with E-state index >= 15 is 0 Å². The second-order valence-corrected chi connectivity index (χ2v) is 5.99. The largest absolute Gasteiger partial charge is 0.309 e. The minimum absolute atomic E-state index is 0.555. The van der Waals surface area contributed by atoms with E-state index < -0.39 is 0 Å². The molecule has 106 valence electrons. The molecule has 3 heterocycles. The highest BCUT2D eigenvalue weighted by molar-refractivity contribution is 7.13. The lowest BCUT2D eigenvalue weighted by Crippen LogP contribution is -2.15. The van der Waals surface area contributed by atoms with Crippen molar-refractivity contribution in [3.05, 3.63) is 41.0 Å². The molecule has 0 aliphatic rings. The Labute approximate surface area is 127 Å². The number of hydrogen-bond donors (Lipinski definition) is 0. The van der Waals surface area contributed by atoms with E-state index in [4.69, 9.17) is 0 Å². The molecule has 0 atom stereocenters. The maximum Gasteiger partial charge on any atom is 0.174 e. The van der Waals surface area contributed by atoms with E-state index in [1.165, 1.54) is 0 Å². The molecule has 0 amide bonds. The van der Waals surface area contributed by atoms with Gasteiger partial charge in [-0.2, -0.15) is 10.4 Å². The average molecular weight is 297 g/mol. The number of nitrogens with zero attached hydrogens (tertiary/aromatic N) is 5. The van der Waals surface area contributed by atoms with Gasteiger partial charge < -0.3 is 4.90 Å². The van der Waals surface area contributed by atoms with Gasteiger partial charge in [-0.15, -0.1) is 11.3 Å². The van der Waals surface area contributed by atoms with Crippen molar-refractivity contribution in [3.8, 4) is 16.6 Å². The van der Waals surface area contributed by atoms with Gasteiger partial charge in [0.2, 0.25) is 0 Å². The lowest BCUT2D eigenvalue weighted by Gasteiger charge is -2.05. The molecule has 0 aliphatic carbocycles. The molecule has 0 unspecified atom stereocenters. The number of likely N-dealkylation sites (N-methyl/N-ethyl adjacent to an activating group) is 1. The number of fused-ring (bicyclic) bond motifs is 1. The lowest BCUT2D eigenvalue weighted by atomic mass is 10.2. The van der Waals surface area contributed by atoms with Crippen LogP contribution in [-0.4, -0.2) is 40.1 Å². The first kappa shape index (κ1) is 13.7. The number of rotatable bonds is 4. The van der Waals surface area contributed by atoms with Crippen molar-refractivity contribution >= 4 is 17.0 Å². The first-order valence-corrected chi connectivity index (χ1v) is 7.54. The smallest absolute Gasteiger partial charge is 0.174 e. The summed E-state index contributed by atoms with van der Waals surface area (Å²) in [5.74, 6) is 0.768. The number of nitriles is 1. The third kappa shape index (κ3) is 2.66. The van der Waals surface area contributed by atoms with Crippen LogP contribution in [-0.2, 0) is 6.42 Å². The van der Waals surface area contributed by atoms with Gasteiger partial charge in [0.05, 0.1) is 16.1 Å². The molecule has 21 heavy (non-hydrogen) atoms. The second kappa shape index (κ2) is 5.64. The van der Waals surface area contributed by atoms with Crippen LogP contribution in [0.5, 0.6) is 0 Å². The van der Waals surface area contributed by atoms with E-state index in [9.17, 15) is 5.26 Å². The Balaban J connectivity index is 2.12. The quantitative estimate of drug-likeness (QED) is 0.742. The minimum atomic E-state index is 0.555. The number of pyridine rings is 1. The number of aromatic nitrogens is 3. The highest BCUT2D eigenvalue weighted by Gasteiger charge is 2.13. The first-order valence-electron chi connectivity index (χ1n) is 6.66. The summed E-state index contributed by atoms with van der Waals surface area (Å²) in [5, 5.41) is 15.9. The Kier molecular flexibility index (Phi) is 3.69. The average Bonchev–Trinajstić information content (AvgIpc) is 3.13. The summed E-state index contributed by atoms with van der Waals surface area (Å²) in [5.41, 5.74) is 2.17. The maximum atomic E-state index is 9.25. The van der Waals surface area contributed by atoms with E-state index in [0.717, 1.165) is 29.4 Å². The van der Waals surface area contributed by atoms with Crippen molar-refractivity contribution in [3.63, 3.8) is 0 Å². The molecular formula is C15H15N5S. The van der Waals surface area contributed by atoms with Crippen LogP contribution in [0.1, 0.15) is 11.4 Å². The fourth-order valence-corrected chi connectivity index (χ4v) is 2.87. The molecule has 0 fully saturated rings. The van der Waals surface area contributed by atoms with Crippen LogP contribution < -0.4 is 0 Å². The summed E-state index contributed by atoms with van der Waals surface area (Å²) < 4.78 is 1.79. The van der Waals surface area contributed by atoms with Gasteiger partial charge in [-0.3, -0.25) is 0 Å². The van der Waals surface area contributed by atoms with Crippen LogP contribution in [0.4, 0.5) is 0 Å². The molecule has 5 nitrogen and oxygen atoms in total. The predicted octanol–water partition coefficient (Wildman–Crippen LogP) is 2.43. The van der Waals surface area contributed by atoms with Crippen LogP contribution in [0.3, 0.4) is 0 Å². The lowest BCUT2D eigenvalue weighted by molar-refractivity contribution is 0.409. The molecule has 3 rings (SSSR count). The topological polar surface area (TPSA) is 57.2 Å². The van der Waals surface area contributed by atoms with Crippen LogP contribution in [0, 0.1) is 11.3 Å². The number of hydrogen-bond acceptors (Lipinski definition) is 5. The van der Waals surface area contributed by atoms with Crippen LogP contribution >= 0.6 is 11.3 Å². The monoisotopic (exact) mass is 297 g/mol. The van der Waals surface area contributed by atoms with Crippen molar-refractivity contribution in [2.45, 2.75) is 6.42 Å². The molecular weight excluding hydrogens is 282 g/mol.